The molecule has 0 saturated carbocycles. The van der Waals surface area contributed by atoms with Gasteiger partial charge in [0.15, 0.2) is 0 Å². The summed E-state index contributed by atoms with van der Waals surface area (Å²) in [5.41, 5.74) is -0.0862. The quantitative estimate of drug-likeness (QED) is 0.839. The molecule has 0 radical (unpaired) electrons. The van der Waals surface area contributed by atoms with Crippen molar-refractivity contribution in [1.82, 2.24) is 5.32 Å². The van der Waals surface area contributed by atoms with E-state index in [0.717, 1.165) is 0 Å². The van der Waals surface area contributed by atoms with Gasteiger partial charge in [0.2, 0.25) is 0 Å². The van der Waals surface area contributed by atoms with Gasteiger partial charge in [-0.1, -0.05) is 12.1 Å². The lowest BCUT2D eigenvalue weighted by atomic mass is 10.0. The van der Waals surface area contributed by atoms with Gasteiger partial charge >= 0.3 is 5.97 Å². The minimum atomic E-state index is -1.01. The molecule has 2 atom stereocenters. The molecule has 1 aromatic rings. The van der Waals surface area contributed by atoms with Crippen LogP contribution in [0.3, 0.4) is 0 Å². The second-order valence-corrected chi connectivity index (χ2v) is 3.87. The fourth-order valence-corrected chi connectivity index (χ4v) is 1.27. The number of carboxylic acids is 1. The molecule has 1 amide bonds. The summed E-state index contributed by atoms with van der Waals surface area (Å²) < 4.78 is 13.3. The first-order chi connectivity index (χ1) is 7.93. The monoisotopic (exact) mass is 239 g/mol. The van der Waals surface area contributed by atoms with Gasteiger partial charge in [-0.2, -0.15) is 0 Å². The molecule has 0 aliphatic rings. The Morgan fingerprint density at radius 2 is 1.88 bits per heavy atom. The third kappa shape index (κ3) is 3.27. The molecule has 5 heteroatoms. The summed E-state index contributed by atoms with van der Waals surface area (Å²) in [7, 11) is 0. The van der Waals surface area contributed by atoms with E-state index < -0.39 is 29.7 Å². The molecule has 0 aliphatic heterocycles. The van der Waals surface area contributed by atoms with Crippen molar-refractivity contribution in [2.45, 2.75) is 19.9 Å². The molecule has 92 valence electrons. The fourth-order valence-electron chi connectivity index (χ4n) is 1.27. The number of hydrogen-bond acceptors (Lipinski definition) is 2. The smallest absolute Gasteiger partial charge is 0.308 e. The first-order valence-corrected chi connectivity index (χ1v) is 5.21. The Morgan fingerprint density at radius 3 is 2.41 bits per heavy atom. The van der Waals surface area contributed by atoms with Crippen LogP contribution in [0.1, 0.15) is 24.2 Å². The Balaban J connectivity index is 2.74. The standard InChI is InChI=1S/C12H14FNO3/c1-7(12(16)17)8(2)14-11(15)9-5-3-4-6-10(9)13/h3-8H,1-2H3,(H,14,15)(H,16,17). The third-order valence-corrected chi connectivity index (χ3v) is 2.62. The number of benzene rings is 1. The molecule has 0 heterocycles. The van der Waals surface area contributed by atoms with Crippen molar-refractivity contribution in [2.75, 3.05) is 0 Å². The van der Waals surface area contributed by atoms with Crippen LogP contribution in [0.5, 0.6) is 0 Å². The SMILES string of the molecule is CC(NC(=O)c1ccccc1F)C(C)C(=O)O. The van der Waals surface area contributed by atoms with Gasteiger partial charge in [-0.3, -0.25) is 9.59 Å². The van der Waals surface area contributed by atoms with Crippen molar-refractivity contribution in [3.8, 4) is 0 Å². The van der Waals surface area contributed by atoms with Gasteiger partial charge in [-0.15, -0.1) is 0 Å². The summed E-state index contributed by atoms with van der Waals surface area (Å²) in [5.74, 6) is -2.97. The van der Waals surface area contributed by atoms with E-state index in [9.17, 15) is 14.0 Å². The highest BCUT2D eigenvalue weighted by atomic mass is 19.1. The summed E-state index contributed by atoms with van der Waals surface area (Å²) in [6.07, 6.45) is 0. The van der Waals surface area contributed by atoms with E-state index in [4.69, 9.17) is 5.11 Å². The number of aliphatic carboxylic acids is 1. The maximum absolute atomic E-state index is 13.3. The number of hydrogen-bond donors (Lipinski definition) is 2. The van der Waals surface area contributed by atoms with E-state index in [1.165, 1.54) is 25.1 Å². The Morgan fingerprint density at radius 1 is 1.29 bits per heavy atom. The molecule has 0 aromatic heterocycles. The largest absolute Gasteiger partial charge is 0.481 e. The van der Waals surface area contributed by atoms with Crippen molar-refractivity contribution in [2.24, 2.45) is 5.92 Å². The van der Waals surface area contributed by atoms with Crippen molar-refractivity contribution < 1.29 is 19.1 Å². The van der Waals surface area contributed by atoms with Crippen LogP contribution in [0.4, 0.5) is 4.39 Å². The lowest BCUT2D eigenvalue weighted by Crippen LogP contribution is -2.40. The average Bonchev–Trinajstić information content (AvgIpc) is 2.28. The summed E-state index contributed by atoms with van der Waals surface area (Å²) in [6, 6.07) is 4.99. The van der Waals surface area contributed by atoms with E-state index >= 15 is 0 Å². The maximum Gasteiger partial charge on any atom is 0.308 e. The van der Waals surface area contributed by atoms with Crippen molar-refractivity contribution in [3.05, 3.63) is 35.6 Å². The van der Waals surface area contributed by atoms with Crippen molar-refractivity contribution >= 4 is 11.9 Å². The lowest BCUT2D eigenvalue weighted by Gasteiger charge is -2.17. The van der Waals surface area contributed by atoms with Gasteiger partial charge in [0.25, 0.3) is 5.91 Å². The average molecular weight is 239 g/mol. The molecule has 17 heavy (non-hydrogen) atoms. The molecular weight excluding hydrogens is 225 g/mol. The van der Waals surface area contributed by atoms with E-state index in [2.05, 4.69) is 5.32 Å². The summed E-state index contributed by atoms with van der Waals surface area (Å²) in [4.78, 5) is 22.4. The zero-order valence-electron chi connectivity index (χ0n) is 9.61. The van der Waals surface area contributed by atoms with E-state index in [-0.39, 0.29) is 5.56 Å². The van der Waals surface area contributed by atoms with Crippen LogP contribution in [0, 0.1) is 11.7 Å². The topological polar surface area (TPSA) is 66.4 Å². The molecule has 0 bridgehead atoms. The molecule has 0 saturated heterocycles. The second kappa shape index (κ2) is 5.43. The molecule has 2 N–H and O–H groups in total. The van der Waals surface area contributed by atoms with Gasteiger partial charge in [-0.05, 0) is 26.0 Å². The zero-order valence-corrected chi connectivity index (χ0v) is 9.61. The molecule has 0 spiro atoms. The maximum atomic E-state index is 13.3. The first kappa shape index (κ1) is 13.2. The molecule has 4 nitrogen and oxygen atoms in total. The van der Waals surface area contributed by atoms with E-state index in [1.54, 1.807) is 13.0 Å². The van der Waals surface area contributed by atoms with Crippen molar-refractivity contribution in [1.29, 1.82) is 0 Å². The normalized spacial score (nSPS) is 13.8. The van der Waals surface area contributed by atoms with Crippen LogP contribution in [0.15, 0.2) is 24.3 Å². The lowest BCUT2D eigenvalue weighted by molar-refractivity contribution is -0.141. The van der Waals surface area contributed by atoms with E-state index in [0.29, 0.717) is 0 Å². The van der Waals surface area contributed by atoms with Crippen LogP contribution >= 0.6 is 0 Å². The summed E-state index contributed by atoms with van der Waals surface area (Å²) in [5, 5.41) is 11.2. The van der Waals surface area contributed by atoms with E-state index in [1.807, 2.05) is 0 Å². The van der Waals surface area contributed by atoms with Crippen LogP contribution in [-0.4, -0.2) is 23.0 Å². The molecule has 1 aromatic carbocycles. The molecule has 1 rings (SSSR count). The first-order valence-electron chi connectivity index (χ1n) is 5.21. The Hall–Kier alpha value is -1.91. The number of nitrogens with one attached hydrogen (secondary N) is 1. The Bertz CT molecular complexity index is 434. The molecular formula is C12H14FNO3. The van der Waals surface area contributed by atoms with Gasteiger partial charge in [-0.25, -0.2) is 4.39 Å². The predicted octanol–water partition coefficient (Wildman–Crippen LogP) is 1.66. The summed E-state index contributed by atoms with van der Waals surface area (Å²) >= 11 is 0. The number of rotatable bonds is 4. The van der Waals surface area contributed by atoms with Crippen LogP contribution < -0.4 is 5.32 Å². The fraction of sp³-hybridized carbons (Fsp3) is 0.333. The van der Waals surface area contributed by atoms with Gasteiger partial charge in [0.05, 0.1) is 11.5 Å². The van der Waals surface area contributed by atoms with Gasteiger partial charge in [0, 0.05) is 6.04 Å². The second-order valence-electron chi connectivity index (χ2n) is 3.87. The predicted molar refractivity (Wildman–Crippen MR) is 60.1 cm³/mol. The number of carbonyl (C=O) groups excluding carboxylic acids is 1. The van der Waals surface area contributed by atoms with Crippen LogP contribution in [-0.2, 0) is 4.79 Å². The Labute approximate surface area is 98.5 Å². The Kier molecular flexibility index (Phi) is 4.20. The molecule has 0 aliphatic carbocycles. The van der Waals surface area contributed by atoms with Crippen LogP contribution in [0.2, 0.25) is 0 Å². The van der Waals surface area contributed by atoms with Crippen LogP contribution in [0.25, 0.3) is 0 Å². The van der Waals surface area contributed by atoms with Gasteiger partial charge < -0.3 is 10.4 Å². The highest BCUT2D eigenvalue weighted by molar-refractivity contribution is 5.94. The number of carboxylic acid groups (broad SMARTS) is 1. The highest BCUT2D eigenvalue weighted by Crippen LogP contribution is 2.08. The number of amides is 1. The third-order valence-electron chi connectivity index (χ3n) is 2.62. The molecule has 0 fully saturated rings. The van der Waals surface area contributed by atoms with Gasteiger partial charge in [0.1, 0.15) is 5.82 Å². The number of halogens is 1. The van der Waals surface area contributed by atoms with Crippen molar-refractivity contribution in [3.63, 3.8) is 0 Å². The minimum absolute atomic E-state index is 0.0862. The highest BCUT2D eigenvalue weighted by Gasteiger charge is 2.22. The zero-order chi connectivity index (χ0) is 13.0. The number of carbonyl (C=O) groups is 2. The molecule has 2 unspecified atom stereocenters. The summed E-state index contributed by atoms with van der Waals surface area (Å²) in [6.45, 7) is 3.05. The minimum Gasteiger partial charge on any atom is -0.481 e.